The van der Waals surface area contributed by atoms with Crippen molar-refractivity contribution in [1.82, 2.24) is 15.3 Å². The number of benzene rings is 1. The second-order valence-corrected chi connectivity index (χ2v) is 6.36. The molecule has 0 bridgehead atoms. The van der Waals surface area contributed by atoms with Crippen molar-refractivity contribution < 1.29 is 0 Å². The molecule has 3 nitrogen and oxygen atoms in total. The van der Waals surface area contributed by atoms with E-state index in [0.29, 0.717) is 5.92 Å². The summed E-state index contributed by atoms with van der Waals surface area (Å²) in [6.45, 7) is 8.33. The van der Waals surface area contributed by atoms with Gasteiger partial charge in [-0.1, -0.05) is 31.5 Å². The summed E-state index contributed by atoms with van der Waals surface area (Å²) < 4.78 is 0. The van der Waals surface area contributed by atoms with Crippen LogP contribution in [0.5, 0.6) is 0 Å². The molecule has 106 valence electrons. The second kappa shape index (κ2) is 7.41. The summed E-state index contributed by atoms with van der Waals surface area (Å²) in [6.07, 6.45) is 3.80. The van der Waals surface area contributed by atoms with Gasteiger partial charge in [-0.2, -0.15) is 0 Å². The Labute approximate surface area is 125 Å². The summed E-state index contributed by atoms with van der Waals surface area (Å²) >= 11 is 1.60. The van der Waals surface area contributed by atoms with Crippen molar-refractivity contribution in [3.05, 3.63) is 47.8 Å². The number of aryl methyl sites for hydroxylation is 1. The molecule has 2 aromatic rings. The molecule has 0 spiro atoms. The second-order valence-electron chi connectivity index (χ2n) is 5.32. The molecule has 0 amide bonds. The molecule has 0 fully saturated rings. The fourth-order valence-electron chi connectivity index (χ4n) is 1.78. The van der Waals surface area contributed by atoms with Crippen LogP contribution < -0.4 is 5.32 Å². The molecule has 20 heavy (non-hydrogen) atoms. The molecule has 0 saturated carbocycles. The normalized spacial score (nSPS) is 11.0. The number of nitrogens with zero attached hydrogens (tertiary/aromatic N) is 2. The molecule has 1 N–H and O–H groups in total. The first kappa shape index (κ1) is 15.0. The third-order valence-corrected chi connectivity index (χ3v) is 3.65. The Morgan fingerprint density at radius 3 is 2.60 bits per heavy atom. The lowest BCUT2D eigenvalue weighted by Crippen LogP contribution is -2.19. The lowest BCUT2D eigenvalue weighted by Gasteiger charge is -2.07. The summed E-state index contributed by atoms with van der Waals surface area (Å²) in [6, 6.07) is 8.38. The van der Waals surface area contributed by atoms with Gasteiger partial charge >= 0.3 is 0 Å². The Morgan fingerprint density at radius 2 is 1.95 bits per heavy atom. The average Bonchev–Trinajstić information content (AvgIpc) is 2.40. The van der Waals surface area contributed by atoms with Crippen LogP contribution in [-0.4, -0.2) is 16.5 Å². The van der Waals surface area contributed by atoms with E-state index in [2.05, 4.69) is 60.3 Å². The third kappa shape index (κ3) is 4.94. The zero-order valence-corrected chi connectivity index (χ0v) is 13.1. The van der Waals surface area contributed by atoms with Crippen molar-refractivity contribution in [1.29, 1.82) is 0 Å². The zero-order valence-electron chi connectivity index (χ0n) is 12.3. The van der Waals surface area contributed by atoms with Gasteiger partial charge in [0.1, 0.15) is 0 Å². The van der Waals surface area contributed by atoms with Crippen LogP contribution in [-0.2, 0) is 6.54 Å². The molecular formula is C16H21N3S. The molecule has 0 aliphatic carbocycles. The maximum atomic E-state index is 4.41. The molecule has 0 unspecified atom stereocenters. The average molecular weight is 287 g/mol. The van der Waals surface area contributed by atoms with Crippen molar-refractivity contribution in [2.24, 2.45) is 5.92 Å². The highest BCUT2D eigenvalue weighted by molar-refractivity contribution is 7.99. The van der Waals surface area contributed by atoms with Gasteiger partial charge in [-0.05, 0) is 43.3 Å². The summed E-state index contributed by atoms with van der Waals surface area (Å²) in [5.41, 5.74) is 2.38. The van der Waals surface area contributed by atoms with Crippen LogP contribution in [0.2, 0.25) is 0 Å². The predicted octanol–water partition coefficient (Wildman–Crippen LogP) is 3.68. The van der Waals surface area contributed by atoms with Gasteiger partial charge in [0, 0.05) is 29.4 Å². The van der Waals surface area contributed by atoms with Gasteiger partial charge in [0.25, 0.3) is 0 Å². The van der Waals surface area contributed by atoms with Crippen LogP contribution >= 0.6 is 11.8 Å². The Balaban J connectivity index is 1.91. The van der Waals surface area contributed by atoms with E-state index in [4.69, 9.17) is 0 Å². The number of rotatable bonds is 6. The van der Waals surface area contributed by atoms with Crippen molar-refractivity contribution >= 4 is 11.8 Å². The van der Waals surface area contributed by atoms with Crippen LogP contribution in [0.1, 0.15) is 25.0 Å². The monoisotopic (exact) mass is 287 g/mol. The fourth-order valence-corrected chi connectivity index (χ4v) is 2.59. The summed E-state index contributed by atoms with van der Waals surface area (Å²) in [5, 5.41) is 4.19. The number of nitrogens with one attached hydrogen (secondary N) is 1. The minimum absolute atomic E-state index is 0.659. The van der Waals surface area contributed by atoms with Gasteiger partial charge in [0.15, 0.2) is 5.16 Å². The molecule has 1 heterocycles. The molecule has 1 aromatic heterocycles. The highest BCUT2D eigenvalue weighted by Crippen LogP contribution is 2.24. The van der Waals surface area contributed by atoms with Gasteiger partial charge in [-0.25, -0.2) is 9.97 Å². The fraction of sp³-hybridized carbons (Fsp3) is 0.375. The highest BCUT2D eigenvalue weighted by Gasteiger charge is 2.02. The molecule has 0 atom stereocenters. The molecule has 0 radical (unpaired) electrons. The quantitative estimate of drug-likeness (QED) is 0.822. The lowest BCUT2D eigenvalue weighted by molar-refractivity contribution is 0.550. The van der Waals surface area contributed by atoms with Gasteiger partial charge in [-0.3, -0.25) is 0 Å². The predicted molar refractivity (Wildman–Crippen MR) is 83.9 cm³/mol. The Morgan fingerprint density at radius 1 is 1.20 bits per heavy atom. The van der Waals surface area contributed by atoms with Gasteiger partial charge < -0.3 is 5.32 Å². The number of hydrogen-bond acceptors (Lipinski definition) is 4. The summed E-state index contributed by atoms with van der Waals surface area (Å²) in [7, 11) is 0. The first-order valence-electron chi connectivity index (χ1n) is 6.89. The Hall–Kier alpha value is -1.39. The lowest BCUT2D eigenvalue weighted by atomic mass is 10.2. The topological polar surface area (TPSA) is 37.8 Å². The number of aromatic nitrogens is 2. The summed E-state index contributed by atoms with van der Waals surface area (Å²) in [4.78, 5) is 10.0. The number of hydrogen-bond donors (Lipinski definition) is 1. The molecule has 0 aliphatic heterocycles. The van der Waals surface area contributed by atoms with E-state index < -0.39 is 0 Å². The van der Waals surface area contributed by atoms with E-state index in [1.165, 1.54) is 10.5 Å². The van der Waals surface area contributed by atoms with E-state index in [0.717, 1.165) is 23.8 Å². The molecule has 0 saturated heterocycles. The zero-order chi connectivity index (χ0) is 14.4. The van der Waals surface area contributed by atoms with Gasteiger partial charge in [-0.15, -0.1) is 0 Å². The molecule has 2 rings (SSSR count). The van der Waals surface area contributed by atoms with E-state index in [9.17, 15) is 0 Å². The van der Waals surface area contributed by atoms with E-state index in [1.54, 1.807) is 11.8 Å². The maximum Gasteiger partial charge on any atom is 0.192 e. The molecule has 0 aliphatic rings. The van der Waals surface area contributed by atoms with Crippen molar-refractivity contribution in [2.75, 3.05) is 6.54 Å². The smallest absolute Gasteiger partial charge is 0.192 e. The maximum absolute atomic E-state index is 4.41. The Bertz CT molecular complexity index is 538. The van der Waals surface area contributed by atoms with Crippen molar-refractivity contribution in [3.8, 4) is 0 Å². The SMILES string of the molecule is Cc1cccc(Sc2ncc(CNCC(C)C)cn2)c1. The van der Waals surface area contributed by atoms with E-state index >= 15 is 0 Å². The van der Waals surface area contributed by atoms with Crippen molar-refractivity contribution in [3.63, 3.8) is 0 Å². The third-order valence-electron chi connectivity index (χ3n) is 2.76. The molecular weight excluding hydrogens is 266 g/mol. The van der Waals surface area contributed by atoms with Gasteiger partial charge in [0.2, 0.25) is 0 Å². The molecule has 1 aromatic carbocycles. The minimum atomic E-state index is 0.659. The van der Waals surface area contributed by atoms with Crippen LogP contribution in [0.25, 0.3) is 0 Å². The van der Waals surface area contributed by atoms with Crippen LogP contribution in [0.4, 0.5) is 0 Å². The first-order valence-corrected chi connectivity index (χ1v) is 7.71. The largest absolute Gasteiger partial charge is 0.312 e. The van der Waals surface area contributed by atoms with E-state index in [-0.39, 0.29) is 0 Å². The Kier molecular flexibility index (Phi) is 5.56. The summed E-state index contributed by atoms with van der Waals surface area (Å²) in [5.74, 6) is 0.659. The highest BCUT2D eigenvalue weighted by atomic mass is 32.2. The first-order chi connectivity index (χ1) is 9.63. The van der Waals surface area contributed by atoms with Gasteiger partial charge in [0.05, 0.1) is 0 Å². The van der Waals surface area contributed by atoms with Crippen LogP contribution in [0.3, 0.4) is 0 Å². The standard InChI is InChI=1S/C16H21N3S/c1-12(2)8-17-9-14-10-18-16(19-11-14)20-15-6-4-5-13(3)7-15/h4-7,10-12,17H,8-9H2,1-3H3. The minimum Gasteiger partial charge on any atom is -0.312 e. The van der Waals surface area contributed by atoms with Crippen LogP contribution in [0, 0.1) is 12.8 Å². The van der Waals surface area contributed by atoms with E-state index in [1.807, 2.05) is 12.4 Å². The van der Waals surface area contributed by atoms with Crippen molar-refractivity contribution in [2.45, 2.75) is 37.4 Å². The van der Waals surface area contributed by atoms with Crippen LogP contribution in [0.15, 0.2) is 46.7 Å². The molecule has 4 heteroatoms.